The summed E-state index contributed by atoms with van der Waals surface area (Å²) >= 11 is 0. The topological polar surface area (TPSA) is 0 Å². The average molecular weight is 218 g/mol. The van der Waals surface area contributed by atoms with Crippen LogP contribution in [0.15, 0.2) is 60.8 Å². The van der Waals surface area contributed by atoms with Gasteiger partial charge >= 0.3 is 0 Å². The molecule has 1 rings (SSSR count). The first-order chi connectivity index (χ1) is 7.66. The zero-order valence-corrected chi connectivity index (χ0v) is 11.3. The second-order valence-electron chi connectivity index (χ2n) is 3.42. The maximum atomic E-state index is 3.66. The van der Waals surface area contributed by atoms with Crippen molar-refractivity contribution in [1.82, 2.24) is 0 Å². The Balaban J connectivity index is 0. The fourth-order valence-corrected chi connectivity index (χ4v) is 0.955. The third kappa shape index (κ3) is 15.2. The van der Waals surface area contributed by atoms with Crippen LogP contribution in [-0.2, 0) is 0 Å². The van der Waals surface area contributed by atoms with Crippen LogP contribution < -0.4 is 0 Å². The summed E-state index contributed by atoms with van der Waals surface area (Å²) in [7, 11) is 0. The largest absolute Gasteiger partial charge is 0.0991 e. The van der Waals surface area contributed by atoms with E-state index in [9.17, 15) is 0 Å². The lowest BCUT2D eigenvalue weighted by Gasteiger charge is -1.98. The highest BCUT2D eigenvalue weighted by Gasteiger charge is 1.88. The summed E-state index contributed by atoms with van der Waals surface area (Å²) in [6.07, 6.45) is 14.5. The van der Waals surface area contributed by atoms with Crippen molar-refractivity contribution in [1.29, 1.82) is 0 Å². The molecule has 90 valence electrons. The molecule has 0 unspecified atom stereocenters. The van der Waals surface area contributed by atoms with Gasteiger partial charge in [0, 0.05) is 0 Å². The summed E-state index contributed by atoms with van der Waals surface area (Å²) < 4.78 is 0. The molecule has 0 nitrogen and oxygen atoms in total. The van der Waals surface area contributed by atoms with Gasteiger partial charge in [-0.05, 0) is 26.7 Å². The zero-order valence-electron chi connectivity index (χ0n) is 11.3. The number of allylic oxidation sites excluding steroid dienone is 8. The quantitative estimate of drug-likeness (QED) is 0.528. The highest BCUT2D eigenvalue weighted by atomic mass is 13.9. The lowest BCUT2D eigenvalue weighted by Crippen LogP contribution is -1.78. The minimum absolute atomic E-state index is 1.06. The van der Waals surface area contributed by atoms with E-state index in [1.54, 1.807) is 6.08 Å². The fraction of sp³-hybridized carbons (Fsp3) is 0.375. The van der Waals surface area contributed by atoms with Crippen molar-refractivity contribution in [2.75, 3.05) is 0 Å². The zero-order chi connectivity index (χ0) is 12.8. The van der Waals surface area contributed by atoms with Crippen molar-refractivity contribution < 1.29 is 0 Å². The maximum Gasteiger partial charge on any atom is -0.0285 e. The SMILES string of the molecule is C=C/C=C\C(=C)C.CC.CC1=CC=CCC1. The Morgan fingerprint density at radius 2 is 2.00 bits per heavy atom. The Kier molecular flexibility index (Phi) is 14.6. The van der Waals surface area contributed by atoms with Crippen LogP contribution in [0.3, 0.4) is 0 Å². The predicted octanol–water partition coefficient (Wildman–Crippen LogP) is 5.61. The smallest absolute Gasteiger partial charge is 0.0285 e. The predicted molar refractivity (Wildman–Crippen MR) is 77.6 cm³/mol. The highest BCUT2D eigenvalue weighted by molar-refractivity contribution is 5.15. The van der Waals surface area contributed by atoms with E-state index in [2.05, 4.69) is 38.3 Å². The molecule has 0 N–H and O–H groups in total. The summed E-state index contributed by atoms with van der Waals surface area (Å²) in [6.45, 7) is 15.3. The van der Waals surface area contributed by atoms with Gasteiger partial charge < -0.3 is 0 Å². The highest BCUT2D eigenvalue weighted by Crippen LogP contribution is 2.08. The molecule has 0 heterocycles. The average Bonchev–Trinajstić information content (AvgIpc) is 2.31. The number of hydrogen-bond donors (Lipinski definition) is 0. The van der Waals surface area contributed by atoms with Crippen molar-refractivity contribution in [2.45, 2.75) is 40.5 Å². The molecule has 16 heavy (non-hydrogen) atoms. The summed E-state index contributed by atoms with van der Waals surface area (Å²) in [6, 6.07) is 0. The number of rotatable bonds is 2. The van der Waals surface area contributed by atoms with Crippen molar-refractivity contribution in [2.24, 2.45) is 0 Å². The Bertz CT molecular complexity index is 262. The van der Waals surface area contributed by atoms with E-state index in [0.717, 1.165) is 5.57 Å². The van der Waals surface area contributed by atoms with E-state index in [1.165, 1.54) is 18.4 Å². The molecule has 0 spiro atoms. The Morgan fingerprint density at radius 3 is 2.19 bits per heavy atom. The molecule has 0 aromatic carbocycles. The molecule has 0 aromatic heterocycles. The minimum Gasteiger partial charge on any atom is -0.0991 e. The van der Waals surface area contributed by atoms with Crippen LogP contribution in [0, 0.1) is 0 Å². The van der Waals surface area contributed by atoms with Crippen LogP contribution in [0.5, 0.6) is 0 Å². The van der Waals surface area contributed by atoms with Gasteiger partial charge in [0.05, 0.1) is 0 Å². The van der Waals surface area contributed by atoms with Crippen LogP contribution in [0.25, 0.3) is 0 Å². The molecule has 0 saturated heterocycles. The van der Waals surface area contributed by atoms with Crippen molar-refractivity contribution in [3.05, 3.63) is 60.8 Å². The van der Waals surface area contributed by atoms with Crippen LogP contribution in [0.1, 0.15) is 40.5 Å². The first-order valence-electron chi connectivity index (χ1n) is 5.93. The Labute approximate surface area is 102 Å². The Hall–Kier alpha value is -1.30. The summed E-state index contributed by atoms with van der Waals surface area (Å²) in [5.41, 5.74) is 2.56. The van der Waals surface area contributed by atoms with Crippen LogP contribution in [0.4, 0.5) is 0 Å². The fourth-order valence-electron chi connectivity index (χ4n) is 0.955. The van der Waals surface area contributed by atoms with Gasteiger partial charge in [-0.25, -0.2) is 0 Å². The lowest BCUT2D eigenvalue weighted by atomic mass is 10.1. The normalized spacial score (nSPS) is 12.9. The first kappa shape index (κ1) is 17.1. The van der Waals surface area contributed by atoms with Gasteiger partial charge in [0.1, 0.15) is 0 Å². The van der Waals surface area contributed by atoms with E-state index in [0.29, 0.717) is 0 Å². The van der Waals surface area contributed by atoms with Crippen LogP contribution in [-0.4, -0.2) is 0 Å². The van der Waals surface area contributed by atoms with Crippen LogP contribution >= 0.6 is 0 Å². The van der Waals surface area contributed by atoms with Gasteiger partial charge in [0.2, 0.25) is 0 Å². The molecule has 0 bridgehead atoms. The van der Waals surface area contributed by atoms with Crippen molar-refractivity contribution in [3.63, 3.8) is 0 Å². The molecule has 0 atom stereocenters. The summed E-state index contributed by atoms with van der Waals surface area (Å²) in [5.74, 6) is 0. The second kappa shape index (κ2) is 13.7. The molecule has 0 fully saturated rings. The summed E-state index contributed by atoms with van der Waals surface area (Å²) in [5, 5.41) is 0. The third-order valence-corrected chi connectivity index (χ3v) is 1.74. The monoisotopic (exact) mass is 218 g/mol. The van der Waals surface area contributed by atoms with Gasteiger partial charge in [-0.3, -0.25) is 0 Å². The molecular formula is C16H26. The summed E-state index contributed by atoms with van der Waals surface area (Å²) in [4.78, 5) is 0. The van der Waals surface area contributed by atoms with Gasteiger partial charge in [0.25, 0.3) is 0 Å². The minimum atomic E-state index is 1.06. The Morgan fingerprint density at radius 1 is 1.38 bits per heavy atom. The third-order valence-electron chi connectivity index (χ3n) is 1.74. The van der Waals surface area contributed by atoms with Gasteiger partial charge in [-0.1, -0.05) is 74.6 Å². The number of hydrogen-bond acceptors (Lipinski definition) is 0. The molecule has 0 radical (unpaired) electrons. The van der Waals surface area contributed by atoms with Gasteiger partial charge in [-0.15, -0.1) is 0 Å². The van der Waals surface area contributed by atoms with E-state index in [4.69, 9.17) is 0 Å². The van der Waals surface area contributed by atoms with Crippen molar-refractivity contribution in [3.8, 4) is 0 Å². The van der Waals surface area contributed by atoms with E-state index >= 15 is 0 Å². The molecule has 0 heteroatoms. The molecular weight excluding hydrogens is 192 g/mol. The van der Waals surface area contributed by atoms with E-state index < -0.39 is 0 Å². The first-order valence-corrected chi connectivity index (χ1v) is 5.93. The molecule has 0 aliphatic heterocycles. The van der Waals surface area contributed by atoms with Gasteiger partial charge in [-0.2, -0.15) is 0 Å². The van der Waals surface area contributed by atoms with E-state index in [1.807, 2.05) is 32.9 Å². The molecule has 0 saturated carbocycles. The lowest BCUT2D eigenvalue weighted by molar-refractivity contribution is 0.962. The molecule has 0 aromatic rings. The van der Waals surface area contributed by atoms with Crippen molar-refractivity contribution >= 4 is 0 Å². The van der Waals surface area contributed by atoms with Crippen LogP contribution in [0.2, 0.25) is 0 Å². The van der Waals surface area contributed by atoms with Gasteiger partial charge in [0.15, 0.2) is 0 Å². The molecule has 1 aliphatic carbocycles. The second-order valence-corrected chi connectivity index (χ2v) is 3.42. The van der Waals surface area contributed by atoms with E-state index in [-0.39, 0.29) is 0 Å². The standard InChI is InChI=1S/2C7H10.C2H6/c1-7-5-3-2-4-6-7;1-4-5-6-7(2)3;1-2/h2-3,5H,4,6H2,1H3;4-6H,1-2H2,3H3;1-2H3/b;6-5-;. The maximum absolute atomic E-state index is 3.66. The molecule has 0 amide bonds. The molecule has 1 aliphatic rings.